The molecular formula is C12H19N. The summed E-state index contributed by atoms with van der Waals surface area (Å²) in [6.45, 7) is 8.43. The molecule has 0 amide bonds. The van der Waals surface area contributed by atoms with Crippen molar-refractivity contribution < 1.29 is 0 Å². The molecule has 0 saturated carbocycles. The Morgan fingerprint density at radius 2 is 1.85 bits per heavy atom. The topological polar surface area (TPSA) is 26.0 Å². The van der Waals surface area contributed by atoms with E-state index in [9.17, 15) is 0 Å². The summed E-state index contributed by atoms with van der Waals surface area (Å²) in [5.74, 6) is 0. The van der Waals surface area contributed by atoms with Crippen molar-refractivity contribution >= 4 is 0 Å². The molecule has 0 saturated heterocycles. The molecule has 0 atom stereocenters. The maximum Gasteiger partial charge on any atom is 0.0138 e. The van der Waals surface area contributed by atoms with E-state index >= 15 is 0 Å². The first kappa shape index (κ1) is 10.3. The number of hydrogen-bond donors (Lipinski definition) is 1. The van der Waals surface area contributed by atoms with Gasteiger partial charge in [0.2, 0.25) is 0 Å². The van der Waals surface area contributed by atoms with E-state index in [-0.39, 0.29) is 5.54 Å². The number of nitrogens with two attached hydrogens (primary N) is 1. The number of rotatable bonds is 2. The predicted octanol–water partition coefficient (Wildman–Crippen LogP) is 2.58. The second-order valence-electron chi connectivity index (χ2n) is 4.52. The fraction of sp³-hybridized carbons (Fsp3) is 0.500. The van der Waals surface area contributed by atoms with Gasteiger partial charge in [0.15, 0.2) is 0 Å². The van der Waals surface area contributed by atoms with Crippen molar-refractivity contribution in [1.82, 2.24) is 0 Å². The van der Waals surface area contributed by atoms with Gasteiger partial charge in [-0.25, -0.2) is 0 Å². The Kier molecular flexibility index (Phi) is 2.77. The summed E-state index contributed by atoms with van der Waals surface area (Å²) in [6, 6.07) is 6.41. The zero-order valence-electron chi connectivity index (χ0n) is 9.02. The van der Waals surface area contributed by atoms with Crippen molar-refractivity contribution in [2.75, 3.05) is 0 Å². The zero-order chi connectivity index (χ0) is 10.1. The summed E-state index contributed by atoms with van der Waals surface area (Å²) in [7, 11) is 0. The summed E-state index contributed by atoms with van der Waals surface area (Å²) in [4.78, 5) is 0. The molecule has 0 aromatic heterocycles. The zero-order valence-corrected chi connectivity index (χ0v) is 9.02. The van der Waals surface area contributed by atoms with Gasteiger partial charge in [-0.2, -0.15) is 0 Å². The van der Waals surface area contributed by atoms with Crippen LogP contribution in [0.5, 0.6) is 0 Å². The normalized spacial score (nSPS) is 11.8. The third-order valence-electron chi connectivity index (χ3n) is 2.36. The quantitative estimate of drug-likeness (QED) is 0.738. The maximum atomic E-state index is 5.99. The molecule has 0 radical (unpaired) electrons. The lowest BCUT2D eigenvalue weighted by atomic mass is 9.92. The third kappa shape index (κ3) is 2.85. The van der Waals surface area contributed by atoms with Crippen LogP contribution in [0, 0.1) is 13.8 Å². The smallest absolute Gasteiger partial charge is 0.0138 e. The first-order chi connectivity index (χ1) is 5.90. The summed E-state index contributed by atoms with van der Waals surface area (Å²) >= 11 is 0. The van der Waals surface area contributed by atoms with Gasteiger partial charge >= 0.3 is 0 Å². The van der Waals surface area contributed by atoms with Crippen LogP contribution >= 0.6 is 0 Å². The van der Waals surface area contributed by atoms with Crippen LogP contribution in [0.3, 0.4) is 0 Å². The van der Waals surface area contributed by atoms with Crippen LogP contribution in [0.4, 0.5) is 0 Å². The van der Waals surface area contributed by atoms with E-state index in [1.54, 1.807) is 0 Å². The lowest BCUT2D eigenvalue weighted by Crippen LogP contribution is -2.34. The highest BCUT2D eigenvalue weighted by Gasteiger charge is 2.13. The van der Waals surface area contributed by atoms with Crippen molar-refractivity contribution in [3.05, 3.63) is 34.9 Å². The molecule has 1 rings (SSSR count). The van der Waals surface area contributed by atoms with Crippen LogP contribution in [-0.4, -0.2) is 5.54 Å². The summed E-state index contributed by atoms with van der Waals surface area (Å²) in [6.07, 6.45) is 0.945. The summed E-state index contributed by atoms with van der Waals surface area (Å²) in [5.41, 5.74) is 9.97. The Hall–Kier alpha value is -0.820. The summed E-state index contributed by atoms with van der Waals surface area (Å²) in [5, 5.41) is 0. The molecule has 0 aliphatic rings. The molecule has 0 spiro atoms. The average Bonchev–Trinajstić information content (AvgIpc) is 1.96. The molecule has 1 aromatic carbocycles. The van der Waals surface area contributed by atoms with Crippen molar-refractivity contribution in [3.63, 3.8) is 0 Å². The molecule has 1 heteroatoms. The molecule has 0 heterocycles. The van der Waals surface area contributed by atoms with Gasteiger partial charge in [0.05, 0.1) is 0 Å². The monoisotopic (exact) mass is 177 g/mol. The lowest BCUT2D eigenvalue weighted by Gasteiger charge is -2.20. The van der Waals surface area contributed by atoms with Gasteiger partial charge in [-0.1, -0.05) is 18.2 Å². The molecule has 0 bridgehead atoms. The second kappa shape index (κ2) is 3.51. The Labute approximate surface area is 81.0 Å². The van der Waals surface area contributed by atoms with Gasteiger partial charge in [0, 0.05) is 5.54 Å². The van der Waals surface area contributed by atoms with Crippen LogP contribution < -0.4 is 5.73 Å². The molecule has 0 aliphatic heterocycles. The molecular weight excluding hydrogens is 158 g/mol. The van der Waals surface area contributed by atoms with Crippen LogP contribution in [0.25, 0.3) is 0 Å². The van der Waals surface area contributed by atoms with Crippen molar-refractivity contribution in [1.29, 1.82) is 0 Å². The Morgan fingerprint density at radius 1 is 1.23 bits per heavy atom. The molecule has 0 aliphatic carbocycles. The maximum absolute atomic E-state index is 5.99. The average molecular weight is 177 g/mol. The van der Waals surface area contributed by atoms with Crippen molar-refractivity contribution in [3.8, 4) is 0 Å². The largest absolute Gasteiger partial charge is 0.325 e. The fourth-order valence-corrected chi connectivity index (χ4v) is 1.49. The molecule has 13 heavy (non-hydrogen) atoms. The second-order valence-corrected chi connectivity index (χ2v) is 4.52. The standard InChI is InChI=1S/C12H19N/c1-9-6-5-7-11(10(9)2)8-12(3,4)13/h5-7H,8,13H2,1-4H3. The van der Waals surface area contributed by atoms with E-state index in [1.807, 2.05) is 0 Å². The molecule has 1 aromatic rings. The van der Waals surface area contributed by atoms with Gasteiger partial charge in [-0.3, -0.25) is 0 Å². The van der Waals surface area contributed by atoms with E-state index in [2.05, 4.69) is 45.9 Å². The van der Waals surface area contributed by atoms with Crippen LogP contribution in [0.2, 0.25) is 0 Å². The van der Waals surface area contributed by atoms with E-state index < -0.39 is 0 Å². The van der Waals surface area contributed by atoms with Crippen molar-refractivity contribution in [2.24, 2.45) is 5.73 Å². The van der Waals surface area contributed by atoms with Gasteiger partial charge < -0.3 is 5.73 Å². The van der Waals surface area contributed by atoms with E-state index in [1.165, 1.54) is 16.7 Å². The van der Waals surface area contributed by atoms with Gasteiger partial charge in [0.25, 0.3) is 0 Å². The Bertz CT molecular complexity index is 294. The van der Waals surface area contributed by atoms with Gasteiger partial charge in [0.1, 0.15) is 0 Å². The first-order valence-corrected chi connectivity index (χ1v) is 4.74. The molecule has 72 valence electrons. The first-order valence-electron chi connectivity index (χ1n) is 4.74. The lowest BCUT2D eigenvalue weighted by molar-refractivity contribution is 0.515. The minimum atomic E-state index is -0.113. The van der Waals surface area contributed by atoms with Crippen molar-refractivity contribution in [2.45, 2.75) is 39.7 Å². The summed E-state index contributed by atoms with van der Waals surface area (Å²) < 4.78 is 0. The molecule has 0 fully saturated rings. The predicted molar refractivity (Wildman–Crippen MR) is 57.9 cm³/mol. The highest BCUT2D eigenvalue weighted by molar-refractivity contribution is 5.34. The highest BCUT2D eigenvalue weighted by Crippen LogP contribution is 2.17. The van der Waals surface area contributed by atoms with E-state index in [0.717, 1.165) is 6.42 Å². The minimum absolute atomic E-state index is 0.113. The molecule has 2 N–H and O–H groups in total. The highest BCUT2D eigenvalue weighted by atomic mass is 14.7. The SMILES string of the molecule is Cc1cccc(CC(C)(C)N)c1C. The Balaban J connectivity index is 2.96. The Morgan fingerprint density at radius 3 is 2.38 bits per heavy atom. The molecule has 1 nitrogen and oxygen atoms in total. The van der Waals surface area contributed by atoms with Gasteiger partial charge in [-0.05, 0) is 50.8 Å². The van der Waals surface area contributed by atoms with Crippen LogP contribution in [0.15, 0.2) is 18.2 Å². The van der Waals surface area contributed by atoms with E-state index in [4.69, 9.17) is 5.73 Å². The third-order valence-corrected chi connectivity index (χ3v) is 2.36. The van der Waals surface area contributed by atoms with Gasteiger partial charge in [-0.15, -0.1) is 0 Å². The van der Waals surface area contributed by atoms with Crippen LogP contribution in [0.1, 0.15) is 30.5 Å². The molecule has 0 unspecified atom stereocenters. The number of benzene rings is 1. The minimum Gasteiger partial charge on any atom is -0.325 e. The number of hydrogen-bond acceptors (Lipinski definition) is 1. The van der Waals surface area contributed by atoms with E-state index in [0.29, 0.717) is 0 Å². The van der Waals surface area contributed by atoms with Crippen LogP contribution in [-0.2, 0) is 6.42 Å². The number of aryl methyl sites for hydroxylation is 1. The fourth-order valence-electron chi connectivity index (χ4n) is 1.49.